The maximum absolute atomic E-state index is 4.97. The van der Waals surface area contributed by atoms with E-state index in [1.54, 1.807) is 11.3 Å². The molecular formula is C23H18BrN3S2. The van der Waals surface area contributed by atoms with Crippen molar-refractivity contribution in [1.82, 2.24) is 9.97 Å². The first kappa shape index (κ1) is 17.8. The van der Waals surface area contributed by atoms with Gasteiger partial charge >= 0.3 is 0 Å². The summed E-state index contributed by atoms with van der Waals surface area (Å²) in [6.07, 6.45) is 7.14. The highest BCUT2D eigenvalue weighted by atomic mass is 79.9. The van der Waals surface area contributed by atoms with Crippen molar-refractivity contribution in [2.75, 3.05) is 5.32 Å². The molecule has 1 aliphatic carbocycles. The normalized spacial score (nSPS) is 15.1. The maximum Gasteiger partial charge on any atom is 0.0969 e. The number of fused-ring (bicyclic) bond motifs is 3. The largest absolute Gasteiger partial charge is 0.355 e. The van der Waals surface area contributed by atoms with Crippen LogP contribution >= 0.6 is 38.6 Å². The van der Waals surface area contributed by atoms with Gasteiger partial charge in [0.25, 0.3) is 0 Å². The Bertz CT molecular complexity index is 1370. The molecule has 0 aliphatic heterocycles. The van der Waals surface area contributed by atoms with Gasteiger partial charge < -0.3 is 5.32 Å². The van der Waals surface area contributed by atoms with Gasteiger partial charge in [-0.15, -0.1) is 22.7 Å². The van der Waals surface area contributed by atoms with Crippen molar-refractivity contribution in [3.63, 3.8) is 0 Å². The summed E-state index contributed by atoms with van der Waals surface area (Å²) in [4.78, 5) is 9.55. The van der Waals surface area contributed by atoms with Gasteiger partial charge in [0.2, 0.25) is 0 Å². The third kappa shape index (κ3) is 3.14. The molecule has 3 nitrogen and oxygen atoms in total. The molecule has 0 amide bonds. The molecule has 1 aliphatic rings. The second-order valence-electron chi connectivity index (χ2n) is 7.65. The highest BCUT2D eigenvalue weighted by molar-refractivity contribution is 9.10. The van der Waals surface area contributed by atoms with Crippen molar-refractivity contribution in [2.45, 2.75) is 31.6 Å². The molecule has 3 aromatic heterocycles. The van der Waals surface area contributed by atoms with Crippen LogP contribution in [0.3, 0.4) is 0 Å². The fourth-order valence-corrected chi connectivity index (χ4v) is 6.97. The number of aromatic nitrogens is 2. The first-order chi connectivity index (χ1) is 14.2. The number of pyridine rings is 1. The van der Waals surface area contributed by atoms with Crippen LogP contribution in [0.5, 0.6) is 0 Å². The molecule has 0 saturated heterocycles. The minimum atomic E-state index is 0.667. The van der Waals surface area contributed by atoms with Crippen LogP contribution in [0.15, 0.2) is 52.4 Å². The van der Waals surface area contributed by atoms with Crippen LogP contribution in [0.2, 0.25) is 0 Å². The van der Waals surface area contributed by atoms with Crippen molar-refractivity contribution in [3.05, 3.63) is 57.5 Å². The second-order valence-corrected chi connectivity index (χ2v) is 10.5. The van der Waals surface area contributed by atoms with Crippen LogP contribution in [0, 0.1) is 0 Å². The first-order valence-electron chi connectivity index (χ1n) is 9.87. The number of thiazole rings is 1. The molecule has 0 unspecified atom stereocenters. The molecule has 1 fully saturated rings. The molecule has 3 heterocycles. The van der Waals surface area contributed by atoms with Gasteiger partial charge in [0, 0.05) is 48.8 Å². The lowest BCUT2D eigenvalue weighted by Crippen LogP contribution is -1.93. The molecule has 6 heteroatoms. The molecule has 1 saturated carbocycles. The average Bonchev–Trinajstić information content (AvgIpc) is 3.47. The number of halogens is 1. The van der Waals surface area contributed by atoms with Gasteiger partial charge in [-0.25, -0.2) is 4.98 Å². The monoisotopic (exact) mass is 479 g/mol. The van der Waals surface area contributed by atoms with Gasteiger partial charge in [-0.05, 0) is 65.2 Å². The predicted octanol–water partition coefficient (Wildman–Crippen LogP) is 8.22. The molecule has 5 aromatic rings. The third-order valence-electron chi connectivity index (χ3n) is 5.78. The van der Waals surface area contributed by atoms with Gasteiger partial charge in [-0.1, -0.05) is 12.8 Å². The van der Waals surface area contributed by atoms with E-state index in [1.807, 2.05) is 23.6 Å². The van der Waals surface area contributed by atoms with Crippen molar-refractivity contribution < 1.29 is 0 Å². The van der Waals surface area contributed by atoms with Gasteiger partial charge in [0.05, 0.1) is 20.7 Å². The molecule has 0 atom stereocenters. The van der Waals surface area contributed by atoms with Crippen LogP contribution in [-0.4, -0.2) is 9.97 Å². The van der Waals surface area contributed by atoms with Crippen LogP contribution in [0.1, 0.15) is 36.6 Å². The van der Waals surface area contributed by atoms with Gasteiger partial charge in [0.15, 0.2) is 0 Å². The lowest BCUT2D eigenvalue weighted by Gasteiger charge is -2.10. The zero-order valence-corrected chi connectivity index (χ0v) is 18.8. The maximum atomic E-state index is 4.97. The number of anilines is 2. The van der Waals surface area contributed by atoms with Crippen molar-refractivity contribution in [2.24, 2.45) is 0 Å². The molecule has 29 heavy (non-hydrogen) atoms. The van der Waals surface area contributed by atoms with Crippen molar-refractivity contribution in [1.29, 1.82) is 0 Å². The van der Waals surface area contributed by atoms with Gasteiger partial charge in [-0.2, -0.15) is 0 Å². The number of nitrogens with one attached hydrogen (secondary N) is 1. The number of thiophene rings is 1. The molecular weight excluding hydrogens is 462 g/mol. The number of nitrogens with zero attached hydrogens (tertiary/aromatic N) is 2. The quantitative estimate of drug-likeness (QED) is 0.283. The Morgan fingerprint density at radius 2 is 1.86 bits per heavy atom. The fourth-order valence-electron chi connectivity index (χ4n) is 4.27. The molecule has 1 N–H and O–H groups in total. The SMILES string of the molecule is Brc1csc2cc3c(Nc4ccc5sc(C6CCCC6)nc5c4)ccnc3cc12. The Balaban J connectivity index is 1.39. The van der Waals surface area contributed by atoms with E-state index in [0.717, 1.165) is 32.3 Å². The van der Waals surface area contributed by atoms with E-state index >= 15 is 0 Å². The summed E-state index contributed by atoms with van der Waals surface area (Å²) in [5, 5.41) is 9.41. The van der Waals surface area contributed by atoms with E-state index in [9.17, 15) is 0 Å². The Labute approximate surface area is 184 Å². The predicted molar refractivity (Wildman–Crippen MR) is 129 cm³/mol. The van der Waals surface area contributed by atoms with E-state index in [0.29, 0.717) is 5.92 Å². The fraction of sp³-hybridized carbons (Fsp3) is 0.217. The van der Waals surface area contributed by atoms with Crippen molar-refractivity contribution >= 4 is 81.2 Å². The smallest absolute Gasteiger partial charge is 0.0969 e. The number of benzene rings is 2. The number of hydrogen-bond acceptors (Lipinski definition) is 5. The summed E-state index contributed by atoms with van der Waals surface area (Å²) in [6, 6.07) is 13.0. The van der Waals surface area contributed by atoms with E-state index in [1.165, 1.54) is 45.5 Å². The number of rotatable bonds is 3. The van der Waals surface area contributed by atoms with E-state index in [4.69, 9.17) is 4.98 Å². The number of hydrogen-bond donors (Lipinski definition) is 1. The molecule has 144 valence electrons. The van der Waals surface area contributed by atoms with Crippen LogP contribution in [-0.2, 0) is 0 Å². The van der Waals surface area contributed by atoms with Gasteiger partial charge in [0.1, 0.15) is 0 Å². The van der Waals surface area contributed by atoms with E-state index in [-0.39, 0.29) is 0 Å². The lowest BCUT2D eigenvalue weighted by atomic mass is 10.1. The molecule has 0 radical (unpaired) electrons. The minimum Gasteiger partial charge on any atom is -0.355 e. The summed E-state index contributed by atoms with van der Waals surface area (Å²) in [5.74, 6) is 0.667. The summed E-state index contributed by atoms with van der Waals surface area (Å²) in [5.41, 5.74) is 4.25. The summed E-state index contributed by atoms with van der Waals surface area (Å²) >= 11 is 7.25. The van der Waals surface area contributed by atoms with E-state index < -0.39 is 0 Å². The highest BCUT2D eigenvalue weighted by Gasteiger charge is 2.20. The summed E-state index contributed by atoms with van der Waals surface area (Å²) in [6.45, 7) is 0. The summed E-state index contributed by atoms with van der Waals surface area (Å²) < 4.78 is 3.67. The standard InChI is InChI=1S/C23H18BrN3S2/c24-17-12-28-22-11-16-18(7-8-25-19(16)10-15(17)22)26-14-5-6-21-20(9-14)27-23(29-21)13-3-1-2-4-13/h5-13H,1-4H2,(H,25,26). The molecule has 0 bridgehead atoms. The Hall–Kier alpha value is -2.02. The Kier molecular flexibility index (Phi) is 4.32. The Morgan fingerprint density at radius 1 is 0.966 bits per heavy atom. The average molecular weight is 480 g/mol. The molecule has 0 spiro atoms. The van der Waals surface area contributed by atoms with Crippen LogP contribution in [0.4, 0.5) is 11.4 Å². The second kappa shape index (κ2) is 7.04. The topological polar surface area (TPSA) is 37.8 Å². The minimum absolute atomic E-state index is 0.667. The first-order valence-corrected chi connectivity index (χ1v) is 12.4. The third-order valence-corrected chi connectivity index (χ3v) is 8.88. The molecule has 2 aromatic carbocycles. The van der Waals surface area contributed by atoms with Crippen LogP contribution < -0.4 is 5.32 Å². The van der Waals surface area contributed by atoms with Crippen molar-refractivity contribution in [3.8, 4) is 0 Å². The molecule has 6 rings (SSSR count). The highest BCUT2D eigenvalue weighted by Crippen LogP contribution is 2.39. The summed E-state index contributed by atoms with van der Waals surface area (Å²) in [7, 11) is 0. The van der Waals surface area contributed by atoms with E-state index in [2.05, 4.69) is 61.9 Å². The Morgan fingerprint density at radius 3 is 2.76 bits per heavy atom. The zero-order chi connectivity index (χ0) is 19.4. The lowest BCUT2D eigenvalue weighted by molar-refractivity contribution is 0.718. The van der Waals surface area contributed by atoms with Crippen LogP contribution in [0.25, 0.3) is 31.2 Å². The zero-order valence-electron chi connectivity index (χ0n) is 15.6. The van der Waals surface area contributed by atoms with Gasteiger partial charge in [-0.3, -0.25) is 4.98 Å².